The maximum Gasteiger partial charge on any atom is 1.00 e. The van der Waals surface area contributed by atoms with E-state index < -0.39 is 42.3 Å². The van der Waals surface area contributed by atoms with E-state index >= 15 is 0 Å². The van der Waals surface area contributed by atoms with Gasteiger partial charge >= 0.3 is 43.5 Å². The molecule has 2 saturated carbocycles. The van der Waals surface area contributed by atoms with Crippen LogP contribution in [0.2, 0.25) is 10.0 Å². The zero-order valence-electron chi connectivity index (χ0n) is 47.4. The average molecular weight is 1250 g/mol. The third-order valence-electron chi connectivity index (χ3n) is 15.0. The number of benzene rings is 6. The first-order valence-corrected chi connectivity index (χ1v) is 27.7. The summed E-state index contributed by atoms with van der Waals surface area (Å²) in [6, 6.07) is 29.8. The first-order chi connectivity index (χ1) is 40.5. The van der Waals surface area contributed by atoms with Crippen LogP contribution in [0.4, 0.5) is 49.1 Å². The second kappa shape index (κ2) is 28.9. The second-order valence-corrected chi connectivity index (χ2v) is 21.6. The Hall–Kier alpha value is -7.68. The fourth-order valence-electron chi connectivity index (χ4n) is 10.5. The van der Waals surface area contributed by atoms with E-state index in [1.807, 2.05) is 0 Å². The van der Waals surface area contributed by atoms with Crippen molar-refractivity contribution in [1.29, 1.82) is 0 Å². The molecule has 2 aliphatic carbocycles. The smallest absolute Gasteiger partial charge is 0.870 e. The van der Waals surface area contributed by atoms with Crippen LogP contribution in [0.15, 0.2) is 121 Å². The molecule has 0 bridgehead atoms. The Kier molecular flexibility index (Phi) is 22.2. The van der Waals surface area contributed by atoms with Crippen LogP contribution < -0.4 is 67.7 Å². The van der Waals surface area contributed by atoms with E-state index in [-0.39, 0.29) is 81.7 Å². The number of nitrogens with one attached hydrogen (secondary N) is 2. The summed E-state index contributed by atoms with van der Waals surface area (Å²) >= 11 is 12.2. The van der Waals surface area contributed by atoms with Crippen molar-refractivity contribution in [3.8, 4) is 34.5 Å². The monoisotopic (exact) mass is 1250 g/mol. The summed E-state index contributed by atoms with van der Waals surface area (Å²) in [7, 11) is 4.39. The van der Waals surface area contributed by atoms with Crippen LogP contribution in [-0.2, 0) is 36.8 Å². The third-order valence-corrected chi connectivity index (χ3v) is 15.5. The van der Waals surface area contributed by atoms with Gasteiger partial charge in [0.1, 0.15) is 46.6 Å². The maximum atomic E-state index is 14.1. The standard InChI is InChI=1S/C31H30ClF3N2O6.C30H28ClF3N2O6.Li.H2O.2H2/c1-40-25-13-23(14-26(15-25)42-17-18-11-21(12-18)30(39)41-2)36-28(20-3-6-22(32)7-4-20)29(38)37-10-9-19-5-8-24(16-27(19)37)43-31(33,34)35;1-40-24-12-22(13-25(14-24)41-16-17-10-20(11-17)29(38)39)35-27(19-2-5-21(31)6-3-19)28(37)36-9-8-18-4-7-23(15-26(18)36)42-30(32,33)34;;;;/h3-8,13-16,18,21,28,36H,9-12,17H2,1-2H3;2-7,12-15,17,20,27,35H,8-11,16H2,1H3,(H,38,39);;1H2;2*1H/q;;+1;;;/p-1. The van der Waals surface area contributed by atoms with Gasteiger partial charge in [0.15, 0.2) is 0 Å². The minimum Gasteiger partial charge on any atom is -0.870 e. The molecule has 17 nitrogen and oxygen atoms in total. The average Bonchev–Trinajstić information content (AvgIpc) is 1.93. The van der Waals surface area contributed by atoms with E-state index in [1.54, 1.807) is 84.9 Å². The summed E-state index contributed by atoms with van der Waals surface area (Å²) < 4.78 is 113. The van der Waals surface area contributed by atoms with E-state index in [1.165, 1.54) is 67.5 Å². The van der Waals surface area contributed by atoms with Gasteiger partial charge in [-0.2, -0.15) is 0 Å². The molecule has 462 valence electrons. The number of ether oxygens (including phenoxy) is 7. The molecule has 0 saturated heterocycles. The molecule has 2 aliphatic heterocycles. The molecule has 2 amide bonds. The minimum atomic E-state index is -4.86. The van der Waals surface area contributed by atoms with Crippen LogP contribution in [0, 0.1) is 23.7 Å². The molecule has 2 atom stereocenters. The fraction of sp³-hybridized carbons (Fsp3) is 0.344. The number of carbonyl (C=O) groups excluding carboxylic acids is 3. The summed E-state index contributed by atoms with van der Waals surface area (Å²) in [4.78, 5) is 53.8. The Morgan fingerprint density at radius 3 is 1.30 bits per heavy atom. The number of carboxylic acid groups (broad SMARTS) is 1. The van der Waals surface area contributed by atoms with E-state index in [0.717, 1.165) is 11.1 Å². The summed E-state index contributed by atoms with van der Waals surface area (Å²) in [5, 5.41) is 16.6. The molecule has 0 spiro atoms. The van der Waals surface area contributed by atoms with Gasteiger partial charge in [-0.1, -0.05) is 59.6 Å². The van der Waals surface area contributed by atoms with Gasteiger partial charge in [-0.15, -0.1) is 26.3 Å². The molecule has 4 N–H and O–H groups in total. The minimum absolute atomic E-state index is 0. The van der Waals surface area contributed by atoms with E-state index in [9.17, 15) is 45.5 Å². The van der Waals surface area contributed by atoms with Gasteiger partial charge in [-0.05, 0) is 109 Å². The number of amides is 2. The predicted octanol–water partition coefficient (Wildman–Crippen LogP) is 10.4. The molecule has 2 unspecified atom stereocenters. The topological polar surface area (TPSA) is 214 Å². The molecule has 87 heavy (non-hydrogen) atoms. The van der Waals surface area contributed by atoms with Crippen molar-refractivity contribution in [2.24, 2.45) is 23.7 Å². The first kappa shape index (κ1) is 66.8. The van der Waals surface area contributed by atoms with Crippen LogP contribution in [-0.4, -0.2) is 94.7 Å². The van der Waals surface area contributed by atoms with Gasteiger partial charge in [-0.25, -0.2) is 0 Å². The third kappa shape index (κ3) is 17.3. The molecule has 6 aromatic rings. The quantitative estimate of drug-likeness (QED) is 0.0368. The SMILES string of the molecule is COC(=O)C1CC(COc2cc(NC(C(=O)N3CCc4ccc(OC(F)(F)F)cc43)c3ccc(Cl)cc3)cc(OC)c2)C1.COc1cc(NC(C(=O)N2CCc3ccc(OC(F)(F)F)cc32)c2ccc(Cl)cc2)cc(OCC2CC(C(=O)O)C2)c1.[HH].[HH].[Li+].[OH-]. The molecule has 10 rings (SSSR count). The fourth-order valence-corrected chi connectivity index (χ4v) is 10.8. The Labute approximate surface area is 521 Å². The van der Waals surface area contributed by atoms with Crippen LogP contribution in [0.5, 0.6) is 34.5 Å². The van der Waals surface area contributed by atoms with Crippen molar-refractivity contribution in [2.75, 3.05) is 68.1 Å². The number of anilines is 4. The normalized spacial score (nSPS) is 17.9. The largest absolute Gasteiger partial charge is 1.00 e. The number of fused-ring (bicyclic) bond motifs is 2. The summed E-state index contributed by atoms with van der Waals surface area (Å²) in [5.41, 5.74) is 4.37. The van der Waals surface area contributed by atoms with Crippen LogP contribution >= 0.6 is 23.2 Å². The molecule has 4 aliphatic rings. The number of alkyl halides is 6. The molecule has 6 aromatic carbocycles. The van der Waals surface area contributed by atoms with Gasteiger partial charge in [0.2, 0.25) is 0 Å². The van der Waals surface area contributed by atoms with Gasteiger partial charge in [0.05, 0.1) is 57.8 Å². The van der Waals surface area contributed by atoms with Crippen molar-refractivity contribution in [1.82, 2.24) is 0 Å². The zero-order chi connectivity index (χ0) is 60.7. The van der Waals surface area contributed by atoms with Crippen LogP contribution in [0.1, 0.15) is 62.9 Å². The van der Waals surface area contributed by atoms with Gasteiger partial charge < -0.3 is 64.2 Å². The van der Waals surface area contributed by atoms with Crippen molar-refractivity contribution >= 4 is 69.7 Å². The number of esters is 1. The maximum absolute atomic E-state index is 14.1. The van der Waals surface area contributed by atoms with Crippen molar-refractivity contribution < 1.29 is 111 Å². The molecule has 26 heteroatoms. The number of aliphatic carboxylic acids is 1. The number of rotatable bonds is 20. The number of nitrogens with zero attached hydrogens (tertiary/aromatic N) is 2. The number of carbonyl (C=O) groups is 4. The molecular formula is C61H63Cl2F6LiN4O13. The van der Waals surface area contributed by atoms with Gasteiger partial charge in [0, 0.05) is 85.9 Å². The van der Waals surface area contributed by atoms with E-state index in [2.05, 4.69) is 20.1 Å². The Bertz CT molecular complexity index is 3410. The van der Waals surface area contributed by atoms with Gasteiger partial charge in [-0.3, -0.25) is 19.2 Å². The Morgan fingerprint density at radius 2 is 0.943 bits per heavy atom. The van der Waals surface area contributed by atoms with E-state index in [0.29, 0.717) is 119 Å². The van der Waals surface area contributed by atoms with E-state index in [4.69, 9.17) is 52.0 Å². The molecule has 0 aromatic heterocycles. The molecule has 0 radical (unpaired) electrons. The van der Waals surface area contributed by atoms with Gasteiger partial charge in [0.25, 0.3) is 11.8 Å². The Morgan fingerprint density at radius 1 is 0.563 bits per heavy atom. The Balaban J connectivity index is 0.000000310. The zero-order valence-corrected chi connectivity index (χ0v) is 48.9. The molecule has 2 heterocycles. The van der Waals surface area contributed by atoms with Crippen molar-refractivity contribution in [2.45, 2.75) is 63.3 Å². The number of methoxy groups -OCH3 is 3. The predicted molar refractivity (Wildman–Crippen MR) is 309 cm³/mol. The second-order valence-electron chi connectivity index (χ2n) is 20.8. The first-order valence-electron chi connectivity index (χ1n) is 26.9. The van der Waals surface area contributed by atoms with Crippen LogP contribution in [0.25, 0.3) is 0 Å². The number of halogens is 8. The van der Waals surface area contributed by atoms with Crippen LogP contribution in [0.3, 0.4) is 0 Å². The van der Waals surface area contributed by atoms with Crippen molar-refractivity contribution in [3.05, 3.63) is 154 Å². The summed E-state index contributed by atoms with van der Waals surface area (Å²) in [5.74, 6) is -0.794. The molecular weight excluding hydrogens is 1190 g/mol. The van der Waals surface area contributed by atoms with Crippen molar-refractivity contribution in [3.63, 3.8) is 0 Å². The summed E-state index contributed by atoms with van der Waals surface area (Å²) in [6.45, 7) is 1.30. The number of hydrogen-bond acceptors (Lipinski definition) is 14. The number of hydrogen-bond donors (Lipinski definition) is 3. The summed E-state index contributed by atoms with van der Waals surface area (Å²) in [6.07, 6.45) is -6.31. The molecule has 2 fully saturated rings. The number of carboxylic acids is 1.